The Morgan fingerprint density at radius 2 is 1.68 bits per heavy atom. The highest BCUT2D eigenvalue weighted by atomic mass is 19.4. The van der Waals surface area contributed by atoms with Gasteiger partial charge < -0.3 is 4.90 Å². The monoisotopic (exact) mass is 353 g/mol. The number of anilines is 1. The Kier molecular flexibility index (Phi) is 3.96. The fraction of sp³-hybridized carbons (Fsp3) is 0.500. The summed E-state index contributed by atoms with van der Waals surface area (Å²) < 4.78 is 55.8. The van der Waals surface area contributed by atoms with Crippen molar-refractivity contribution < 1.29 is 17.6 Å². The van der Waals surface area contributed by atoms with Gasteiger partial charge in [-0.15, -0.1) is 0 Å². The van der Waals surface area contributed by atoms with Gasteiger partial charge in [0.05, 0.1) is 0 Å². The summed E-state index contributed by atoms with van der Waals surface area (Å²) in [5.74, 6) is -0.533. The van der Waals surface area contributed by atoms with Gasteiger partial charge in [0.25, 0.3) is 0 Å². The lowest BCUT2D eigenvalue weighted by molar-refractivity contribution is -0.142. The molecule has 1 aromatic carbocycles. The SMILES string of the molecule is Fc1cc(N2CCCC2)ccc1-n1nc(C(F)(F)F)c2c1CCCC2. The van der Waals surface area contributed by atoms with Gasteiger partial charge in [-0.2, -0.15) is 18.3 Å². The largest absolute Gasteiger partial charge is 0.435 e. The predicted molar refractivity (Wildman–Crippen MR) is 86.6 cm³/mol. The fourth-order valence-corrected chi connectivity index (χ4v) is 3.87. The Hall–Kier alpha value is -2.05. The van der Waals surface area contributed by atoms with E-state index < -0.39 is 17.7 Å². The topological polar surface area (TPSA) is 21.1 Å². The van der Waals surface area contributed by atoms with Crippen LogP contribution in [0.25, 0.3) is 5.69 Å². The van der Waals surface area contributed by atoms with Crippen LogP contribution < -0.4 is 4.90 Å². The first-order valence-corrected chi connectivity index (χ1v) is 8.68. The Balaban J connectivity index is 1.78. The van der Waals surface area contributed by atoms with Crippen molar-refractivity contribution >= 4 is 5.69 Å². The molecule has 3 nitrogen and oxygen atoms in total. The minimum Gasteiger partial charge on any atom is -0.371 e. The van der Waals surface area contributed by atoms with Crippen molar-refractivity contribution in [1.82, 2.24) is 9.78 Å². The van der Waals surface area contributed by atoms with Gasteiger partial charge in [0.1, 0.15) is 5.69 Å². The summed E-state index contributed by atoms with van der Waals surface area (Å²) in [6.07, 6.45) is -0.0282. The zero-order valence-electron chi connectivity index (χ0n) is 13.7. The number of nitrogens with zero attached hydrogens (tertiary/aromatic N) is 3. The fourth-order valence-electron chi connectivity index (χ4n) is 3.87. The van der Waals surface area contributed by atoms with Gasteiger partial charge in [0.15, 0.2) is 11.5 Å². The smallest absolute Gasteiger partial charge is 0.371 e. The maximum atomic E-state index is 14.7. The average Bonchev–Trinajstić information content (AvgIpc) is 3.22. The molecule has 0 unspecified atom stereocenters. The quantitative estimate of drug-likeness (QED) is 0.741. The third kappa shape index (κ3) is 2.89. The van der Waals surface area contributed by atoms with E-state index >= 15 is 0 Å². The molecule has 0 N–H and O–H groups in total. The normalized spacial score (nSPS) is 17.8. The number of rotatable bonds is 2. The maximum Gasteiger partial charge on any atom is 0.435 e. The van der Waals surface area contributed by atoms with Crippen molar-refractivity contribution in [3.8, 4) is 5.69 Å². The summed E-state index contributed by atoms with van der Waals surface area (Å²) in [6, 6.07) is 4.73. The Bertz CT molecular complexity index is 788. The van der Waals surface area contributed by atoms with Crippen molar-refractivity contribution in [3.63, 3.8) is 0 Å². The zero-order valence-corrected chi connectivity index (χ0v) is 13.7. The third-order valence-corrected chi connectivity index (χ3v) is 5.08. The Morgan fingerprint density at radius 3 is 2.36 bits per heavy atom. The van der Waals surface area contributed by atoms with E-state index in [1.807, 2.05) is 0 Å². The predicted octanol–water partition coefficient (Wildman–Crippen LogP) is 4.51. The summed E-state index contributed by atoms with van der Waals surface area (Å²) in [4.78, 5) is 2.09. The third-order valence-electron chi connectivity index (χ3n) is 5.08. The second kappa shape index (κ2) is 6.04. The molecular formula is C18H19F4N3. The molecule has 0 atom stereocenters. The molecule has 2 aromatic rings. The molecule has 0 radical (unpaired) electrons. The summed E-state index contributed by atoms with van der Waals surface area (Å²) >= 11 is 0. The molecule has 1 saturated heterocycles. The number of halogens is 4. The van der Waals surface area contributed by atoms with Gasteiger partial charge in [-0.25, -0.2) is 9.07 Å². The van der Waals surface area contributed by atoms with Gasteiger partial charge in [0.2, 0.25) is 0 Å². The van der Waals surface area contributed by atoms with Crippen LogP contribution in [0.1, 0.15) is 42.6 Å². The second-order valence-electron chi connectivity index (χ2n) is 6.72. The molecule has 2 aliphatic rings. The highest BCUT2D eigenvalue weighted by Gasteiger charge is 2.40. The number of hydrogen-bond acceptors (Lipinski definition) is 2. The molecule has 7 heteroatoms. The van der Waals surface area contributed by atoms with Crippen LogP contribution >= 0.6 is 0 Å². The summed E-state index contributed by atoms with van der Waals surface area (Å²) in [6.45, 7) is 1.77. The second-order valence-corrected chi connectivity index (χ2v) is 6.72. The van der Waals surface area contributed by atoms with E-state index in [0.29, 0.717) is 25.0 Å². The minimum absolute atomic E-state index is 0.0941. The minimum atomic E-state index is -4.52. The molecular weight excluding hydrogens is 334 g/mol. The van der Waals surface area contributed by atoms with Crippen molar-refractivity contribution in [2.24, 2.45) is 0 Å². The number of benzene rings is 1. The van der Waals surface area contributed by atoms with Crippen LogP contribution in [-0.4, -0.2) is 22.9 Å². The standard InChI is InChI=1S/C18H19F4N3/c19-14-11-12(24-9-3-4-10-24)7-8-16(14)25-15-6-2-1-5-13(15)17(23-25)18(20,21)22/h7-8,11H,1-6,9-10H2. The van der Waals surface area contributed by atoms with Crippen molar-refractivity contribution in [1.29, 1.82) is 0 Å². The van der Waals surface area contributed by atoms with E-state index in [1.165, 1.54) is 10.7 Å². The van der Waals surface area contributed by atoms with Crippen LogP contribution in [0.15, 0.2) is 18.2 Å². The van der Waals surface area contributed by atoms with E-state index in [1.54, 1.807) is 12.1 Å². The molecule has 0 spiro atoms. The van der Waals surface area contributed by atoms with Crippen LogP contribution in [0.4, 0.5) is 23.2 Å². The van der Waals surface area contributed by atoms with Crippen LogP contribution in [0.2, 0.25) is 0 Å². The molecule has 1 aliphatic heterocycles. The maximum absolute atomic E-state index is 14.7. The molecule has 2 heterocycles. The lowest BCUT2D eigenvalue weighted by atomic mass is 9.95. The molecule has 0 bridgehead atoms. The summed E-state index contributed by atoms with van der Waals surface area (Å²) in [5, 5.41) is 3.76. The van der Waals surface area contributed by atoms with Crippen molar-refractivity contribution in [3.05, 3.63) is 41.0 Å². The van der Waals surface area contributed by atoms with Crippen LogP contribution in [0.3, 0.4) is 0 Å². The average molecular weight is 353 g/mol. The van der Waals surface area contributed by atoms with Gasteiger partial charge in [0, 0.05) is 30.0 Å². The molecule has 0 amide bonds. The van der Waals surface area contributed by atoms with Crippen molar-refractivity contribution in [2.75, 3.05) is 18.0 Å². The van der Waals surface area contributed by atoms with Gasteiger partial charge in [-0.05, 0) is 56.7 Å². The van der Waals surface area contributed by atoms with E-state index in [4.69, 9.17) is 0 Å². The lowest BCUT2D eigenvalue weighted by Gasteiger charge is -2.19. The number of alkyl halides is 3. The molecule has 134 valence electrons. The summed E-state index contributed by atoms with van der Waals surface area (Å²) in [7, 11) is 0. The molecule has 1 aromatic heterocycles. The lowest BCUT2D eigenvalue weighted by Crippen LogP contribution is -2.18. The molecule has 0 saturated carbocycles. The number of fused-ring (bicyclic) bond motifs is 1. The van der Waals surface area contributed by atoms with Gasteiger partial charge >= 0.3 is 6.18 Å². The molecule has 4 rings (SSSR count). The van der Waals surface area contributed by atoms with E-state index in [-0.39, 0.29) is 11.3 Å². The number of hydrogen-bond donors (Lipinski definition) is 0. The molecule has 25 heavy (non-hydrogen) atoms. The number of aromatic nitrogens is 2. The van der Waals surface area contributed by atoms with Crippen molar-refractivity contribution in [2.45, 2.75) is 44.7 Å². The van der Waals surface area contributed by atoms with Crippen LogP contribution in [-0.2, 0) is 19.0 Å². The molecule has 1 fully saturated rings. The van der Waals surface area contributed by atoms with Gasteiger partial charge in [-0.3, -0.25) is 0 Å². The first kappa shape index (κ1) is 16.4. The van der Waals surface area contributed by atoms with Crippen LogP contribution in [0, 0.1) is 5.82 Å². The summed E-state index contributed by atoms with van der Waals surface area (Å²) in [5.41, 5.74) is 0.714. The first-order chi connectivity index (χ1) is 11.9. The van der Waals surface area contributed by atoms with Crippen LogP contribution in [0.5, 0.6) is 0 Å². The Labute approximate surface area is 143 Å². The van der Waals surface area contributed by atoms with E-state index in [2.05, 4.69) is 10.00 Å². The first-order valence-electron chi connectivity index (χ1n) is 8.68. The van der Waals surface area contributed by atoms with E-state index in [0.717, 1.165) is 38.0 Å². The van der Waals surface area contributed by atoms with E-state index in [9.17, 15) is 17.6 Å². The van der Waals surface area contributed by atoms with Gasteiger partial charge in [-0.1, -0.05) is 0 Å². The highest BCUT2D eigenvalue weighted by molar-refractivity contribution is 5.53. The Morgan fingerprint density at radius 1 is 0.960 bits per heavy atom. The highest BCUT2D eigenvalue weighted by Crippen LogP contribution is 2.37. The zero-order chi connectivity index (χ0) is 17.6. The molecule has 1 aliphatic carbocycles.